The van der Waals surface area contributed by atoms with Gasteiger partial charge in [-0.3, -0.25) is 9.59 Å². The molecule has 8 heteroatoms. The molecule has 3 aromatic rings. The van der Waals surface area contributed by atoms with E-state index < -0.39 is 0 Å². The van der Waals surface area contributed by atoms with Crippen LogP contribution in [0, 0.1) is 0 Å². The Kier molecular flexibility index (Phi) is 7.36. The molecule has 0 aliphatic heterocycles. The van der Waals surface area contributed by atoms with E-state index in [2.05, 4.69) is 27.8 Å². The lowest BCUT2D eigenvalue weighted by Gasteiger charge is -2.31. The van der Waals surface area contributed by atoms with E-state index in [-0.39, 0.29) is 24.3 Å². The van der Waals surface area contributed by atoms with Gasteiger partial charge in [-0.25, -0.2) is 4.98 Å². The quantitative estimate of drug-likeness (QED) is 0.426. The van der Waals surface area contributed by atoms with E-state index in [1.165, 1.54) is 19.3 Å². The molecule has 4 rings (SSSR count). The van der Waals surface area contributed by atoms with Crippen molar-refractivity contribution in [2.75, 3.05) is 12.4 Å². The Labute approximate surface area is 208 Å². The van der Waals surface area contributed by atoms with Crippen LogP contribution in [0.3, 0.4) is 0 Å². The molecule has 0 bridgehead atoms. The summed E-state index contributed by atoms with van der Waals surface area (Å²) in [5.74, 6) is 0.166. The van der Waals surface area contributed by atoms with Gasteiger partial charge in [0, 0.05) is 41.8 Å². The number of benzene rings is 2. The van der Waals surface area contributed by atoms with Crippen molar-refractivity contribution in [3.8, 4) is 0 Å². The van der Waals surface area contributed by atoms with Crippen LogP contribution in [-0.2, 0) is 11.3 Å². The normalized spacial score (nSPS) is 14.2. The molecule has 2 aromatic carbocycles. The van der Waals surface area contributed by atoms with Gasteiger partial charge in [0.15, 0.2) is 0 Å². The number of fused-ring (bicyclic) bond motifs is 1. The van der Waals surface area contributed by atoms with Crippen molar-refractivity contribution in [1.82, 2.24) is 14.5 Å². The molecular formula is C26H30BrN5O2. The number of amides is 2. The fourth-order valence-electron chi connectivity index (χ4n) is 4.53. The average Bonchev–Trinajstić information content (AvgIpc) is 3.18. The molecule has 7 nitrogen and oxygen atoms in total. The fraction of sp³-hybridized carbons (Fsp3) is 0.346. The highest BCUT2D eigenvalue weighted by Gasteiger charge is 2.24. The van der Waals surface area contributed by atoms with E-state index in [1.807, 2.05) is 59.0 Å². The van der Waals surface area contributed by atoms with Crippen molar-refractivity contribution in [2.24, 2.45) is 5.73 Å². The first-order valence-corrected chi connectivity index (χ1v) is 12.4. The Morgan fingerprint density at radius 3 is 2.65 bits per heavy atom. The summed E-state index contributed by atoms with van der Waals surface area (Å²) in [7, 11) is 1.89. The van der Waals surface area contributed by atoms with Crippen molar-refractivity contribution in [3.63, 3.8) is 0 Å². The second-order valence-corrected chi connectivity index (χ2v) is 9.74. The maximum atomic E-state index is 13.2. The second kappa shape index (κ2) is 10.4. The number of hydrogen-bond donors (Lipinski definition) is 2. The SMILES string of the molecule is C=C(Nc1nc2cc(C(=O)N(C)C3CCCCC3)ccc2n1CCC(N)=O)c1cccc(Br)c1. The first-order valence-electron chi connectivity index (χ1n) is 11.6. The van der Waals surface area contributed by atoms with E-state index >= 15 is 0 Å². The lowest BCUT2D eigenvalue weighted by molar-refractivity contribution is -0.118. The van der Waals surface area contributed by atoms with Crippen molar-refractivity contribution >= 4 is 50.4 Å². The average molecular weight is 524 g/mol. The summed E-state index contributed by atoms with van der Waals surface area (Å²) in [5.41, 5.74) is 9.10. The Morgan fingerprint density at radius 1 is 1.18 bits per heavy atom. The zero-order valence-electron chi connectivity index (χ0n) is 19.4. The minimum Gasteiger partial charge on any atom is -0.370 e. The van der Waals surface area contributed by atoms with Crippen molar-refractivity contribution in [3.05, 3.63) is 64.6 Å². The number of halogens is 1. The lowest BCUT2D eigenvalue weighted by Crippen LogP contribution is -2.38. The summed E-state index contributed by atoms with van der Waals surface area (Å²) in [6, 6.07) is 13.6. The highest BCUT2D eigenvalue weighted by molar-refractivity contribution is 9.10. The minimum absolute atomic E-state index is 0.00791. The number of imidazole rings is 1. The zero-order chi connectivity index (χ0) is 24.2. The third kappa shape index (κ3) is 5.33. The molecule has 34 heavy (non-hydrogen) atoms. The molecule has 0 saturated heterocycles. The number of primary amides is 1. The standard InChI is InChI=1S/C26H30BrN5O2/c1-17(18-7-6-8-20(27)15-18)29-26-30-22-16-19(11-12-23(22)32(26)14-13-24(28)33)25(34)31(2)21-9-4-3-5-10-21/h6-8,11-12,15-16,21H,1,3-5,9-10,13-14H2,2H3,(H2,28,33)(H,29,30). The Hall–Kier alpha value is -3.13. The molecule has 0 unspecified atom stereocenters. The number of nitrogens with zero attached hydrogens (tertiary/aromatic N) is 3. The lowest BCUT2D eigenvalue weighted by atomic mass is 9.94. The summed E-state index contributed by atoms with van der Waals surface area (Å²) in [4.78, 5) is 31.3. The van der Waals surface area contributed by atoms with Gasteiger partial charge >= 0.3 is 0 Å². The predicted octanol–water partition coefficient (Wildman–Crippen LogP) is 5.16. The van der Waals surface area contributed by atoms with Crippen molar-refractivity contribution < 1.29 is 9.59 Å². The van der Waals surface area contributed by atoms with E-state index in [4.69, 9.17) is 10.7 Å². The van der Waals surface area contributed by atoms with Crippen LogP contribution in [0.25, 0.3) is 16.7 Å². The highest BCUT2D eigenvalue weighted by atomic mass is 79.9. The van der Waals surface area contributed by atoms with Gasteiger partial charge in [-0.2, -0.15) is 0 Å². The molecule has 1 saturated carbocycles. The van der Waals surface area contributed by atoms with E-state index in [0.29, 0.717) is 29.3 Å². The molecule has 178 valence electrons. The summed E-state index contributed by atoms with van der Waals surface area (Å²) in [5, 5.41) is 3.28. The number of nitrogens with two attached hydrogens (primary N) is 1. The molecule has 2 amide bonds. The van der Waals surface area contributed by atoms with Crippen LogP contribution in [0.5, 0.6) is 0 Å². The number of carbonyl (C=O) groups is 2. The first-order chi connectivity index (χ1) is 16.3. The Balaban J connectivity index is 1.64. The number of anilines is 1. The molecule has 0 atom stereocenters. The Bertz CT molecular complexity index is 1230. The fourth-order valence-corrected chi connectivity index (χ4v) is 4.93. The molecular weight excluding hydrogens is 494 g/mol. The van der Waals surface area contributed by atoms with Crippen LogP contribution >= 0.6 is 15.9 Å². The topological polar surface area (TPSA) is 93.2 Å². The van der Waals surface area contributed by atoms with Gasteiger partial charge < -0.3 is 20.5 Å². The van der Waals surface area contributed by atoms with Crippen LogP contribution in [0.1, 0.15) is 54.4 Å². The van der Waals surface area contributed by atoms with E-state index in [9.17, 15) is 9.59 Å². The van der Waals surface area contributed by atoms with Crippen LogP contribution in [0.4, 0.5) is 5.95 Å². The second-order valence-electron chi connectivity index (χ2n) is 8.83. The third-order valence-corrected chi connectivity index (χ3v) is 6.95. The summed E-state index contributed by atoms with van der Waals surface area (Å²) in [6.45, 7) is 4.52. The maximum Gasteiger partial charge on any atom is 0.253 e. The van der Waals surface area contributed by atoms with Gasteiger partial charge in [-0.1, -0.05) is 53.9 Å². The summed E-state index contributed by atoms with van der Waals surface area (Å²) < 4.78 is 2.85. The van der Waals surface area contributed by atoms with Crippen LogP contribution in [0.15, 0.2) is 53.5 Å². The highest BCUT2D eigenvalue weighted by Crippen LogP contribution is 2.27. The predicted molar refractivity (Wildman–Crippen MR) is 139 cm³/mol. The van der Waals surface area contributed by atoms with Gasteiger partial charge in [0.2, 0.25) is 11.9 Å². The van der Waals surface area contributed by atoms with Gasteiger partial charge in [-0.15, -0.1) is 0 Å². The molecule has 0 radical (unpaired) electrons. The molecule has 1 aromatic heterocycles. The Morgan fingerprint density at radius 2 is 1.94 bits per heavy atom. The largest absolute Gasteiger partial charge is 0.370 e. The maximum absolute atomic E-state index is 13.2. The minimum atomic E-state index is -0.389. The van der Waals surface area contributed by atoms with Crippen molar-refractivity contribution in [1.29, 1.82) is 0 Å². The number of carbonyl (C=O) groups excluding carboxylic acids is 2. The van der Waals surface area contributed by atoms with Gasteiger partial charge in [0.05, 0.1) is 11.0 Å². The van der Waals surface area contributed by atoms with E-state index in [1.54, 1.807) is 0 Å². The summed E-state index contributed by atoms with van der Waals surface area (Å²) in [6.07, 6.45) is 5.86. The number of hydrogen-bond acceptors (Lipinski definition) is 4. The molecule has 1 aliphatic rings. The molecule has 3 N–H and O–H groups in total. The molecule has 1 fully saturated rings. The third-order valence-electron chi connectivity index (χ3n) is 6.46. The smallest absolute Gasteiger partial charge is 0.253 e. The molecule has 1 aliphatic carbocycles. The molecule has 1 heterocycles. The van der Waals surface area contributed by atoms with Crippen molar-refractivity contribution in [2.45, 2.75) is 51.1 Å². The van der Waals surface area contributed by atoms with Crippen LogP contribution < -0.4 is 11.1 Å². The summed E-state index contributed by atoms with van der Waals surface area (Å²) >= 11 is 3.48. The zero-order valence-corrected chi connectivity index (χ0v) is 21.0. The van der Waals surface area contributed by atoms with E-state index in [0.717, 1.165) is 28.4 Å². The number of nitrogens with one attached hydrogen (secondary N) is 1. The van der Waals surface area contributed by atoms with Crippen LogP contribution in [0.2, 0.25) is 0 Å². The monoisotopic (exact) mass is 523 g/mol. The number of aryl methyl sites for hydroxylation is 1. The van der Waals surface area contributed by atoms with Gasteiger partial charge in [0.1, 0.15) is 0 Å². The first kappa shape index (κ1) is 24.0. The number of rotatable bonds is 8. The molecule has 0 spiro atoms. The van der Waals surface area contributed by atoms with Gasteiger partial charge in [-0.05, 0) is 48.7 Å². The number of aromatic nitrogens is 2. The van der Waals surface area contributed by atoms with Crippen LogP contribution in [-0.4, -0.2) is 39.4 Å². The van der Waals surface area contributed by atoms with Gasteiger partial charge in [0.25, 0.3) is 5.91 Å².